The first kappa shape index (κ1) is 19.6. The fraction of sp³-hybridized carbons (Fsp3) is 0.0769. The number of methoxy groups -OCH3 is 2. The van der Waals surface area contributed by atoms with Crippen molar-refractivity contribution in [3.8, 4) is 17.2 Å². The largest absolute Gasteiger partial charge is 0.497 e. The van der Waals surface area contributed by atoms with Crippen molar-refractivity contribution in [2.75, 3.05) is 14.2 Å². The smallest absolute Gasteiger partial charge is 0.266 e. The van der Waals surface area contributed by atoms with Gasteiger partial charge in [0, 0.05) is 28.7 Å². The van der Waals surface area contributed by atoms with Crippen LogP contribution in [0.1, 0.15) is 11.4 Å². The number of nitrogens with zero attached hydrogens (tertiary/aromatic N) is 2. The highest BCUT2D eigenvalue weighted by atomic mass is 16.5. The first-order valence-corrected chi connectivity index (χ1v) is 10.2. The van der Waals surface area contributed by atoms with Crippen molar-refractivity contribution >= 4 is 34.0 Å². The van der Waals surface area contributed by atoms with Crippen LogP contribution in [0.15, 0.2) is 77.7 Å². The Hall–Kier alpha value is -4.32. The predicted octanol–water partition coefficient (Wildman–Crippen LogP) is 5.05. The van der Waals surface area contributed by atoms with Gasteiger partial charge in [0.15, 0.2) is 0 Å². The van der Waals surface area contributed by atoms with E-state index in [4.69, 9.17) is 14.5 Å². The molecule has 0 saturated carbocycles. The van der Waals surface area contributed by atoms with Crippen LogP contribution in [0.5, 0.6) is 11.5 Å². The first-order valence-electron chi connectivity index (χ1n) is 10.2. The van der Waals surface area contributed by atoms with Gasteiger partial charge in [0.1, 0.15) is 17.3 Å². The lowest BCUT2D eigenvalue weighted by Crippen LogP contribution is -2.22. The van der Waals surface area contributed by atoms with E-state index in [2.05, 4.69) is 4.98 Å². The molecule has 0 fully saturated rings. The van der Waals surface area contributed by atoms with Crippen molar-refractivity contribution < 1.29 is 9.47 Å². The highest BCUT2D eigenvalue weighted by Crippen LogP contribution is 2.25. The van der Waals surface area contributed by atoms with Crippen LogP contribution in [0.25, 0.3) is 39.6 Å². The minimum absolute atomic E-state index is 0.135. The van der Waals surface area contributed by atoms with Gasteiger partial charge >= 0.3 is 0 Å². The lowest BCUT2D eigenvalue weighted by atomic mass is 10.1. The monoisotopic (exact) mass is 423 g/mol. The van der Waals surface area contributed by atoms with Gasteiger partial charge in [-0.3, -0.25) is 9.36 Å². The van der Waals surface area contributed by atoms with E-state index in [9.17, 15) is 4.79 Å². The van der Waals surface area contributed by atoms with Gasteiger partial charge in [0.2, 0.25) is 0 Å². The summed E-state index contributed by atoms with van der Waals surface area (Å²) in [6.07, 6.45) is 5.73. The van der Waals surface area contributed by atoms with Gasteiger partial charge in [-0.1, -0.05) is 18.2 Å². The summed E-state index contributed by atoms with van der Waals surface area (Å²) in [5, 5.41) is 1.58. The van der Waals surface area contributed by atoms with Crippen molar-refractivity contribution in [3.05, 3.63) is 94.7 Å². The third kappa shape index (κ3) is 3.41. The van der Waals surface area contributed by atoms with Crippen LogP contribution in [0.4, 0.5) is 0 Å². The number of H-pyrrole nitrogens is 1. The molecule has 0 saturated heterocycles. The van der Waals surface area contributed by atoms with Gasteiger partial charge in [-0.2, -0.15) is 0 Å². The van der Waals surface area contributed by atoms with E-state index in [0.717, 1.165) is 22.2 Å². The fourth-order valence-electron chi connectivity index (χ4n) is 3.81. The van der Waals surface area contributed by atoms with Crippen molar-refractivity contribution in [1.29, 1.82) is 0 Å². The number of aromatic amines is 1. The Bertz CT molecular complexity index is 1530. The Morgan fingerprint density at radius 3 is 2.53 bits per heavy atom. The number of fused-ring (bicyclic) bond motifs is 2. The van der Waals surface area contributed by atoms with E-state index in [0.29, 0.717) is 28.2 Å². The summed E-state index contributed by atoms with van der Waals surface area (Å²) in [6.45, 7) is 0. The third-order valence-corrected chi connectivity index (χ3v) is 5.45. The zero-order chi connectivity index (χ0) is 22.1. The van der Waals surface area contributed by atoms with Gasteiger partial charge in [-0.05, 0) is 54.6 Å². The molecular weight excluding hydrogens is 402 g/mol. The summed E-state index contributed by atoms with van der Waals surface area (Å²) < 4.78 is 12.3. The van der Waals surface area contributed by atoms with Crippen molar-refractivity contribution in [2.45, 2.75) is 0 Å². The minimum Gasteiger partial charge on any atom is -0.497 e. The first-order chi connectivity index (χ1) is 15.7. The van der Waals surface area contributed by atoms with Gasteiger partial charge in [-0.15, -0.1) is 0 Å². The maximum absolute atomic E-state index is 13.4. The minimum atomic E-state index is -0.135. The molecule has 0 spiro atoms. The van der Waals surface area contributed by atoms with Crippen LogP contribution in [0.2, 0.25) is 0 Å². The van der Waals surface area contributed by atoms with Crippen LogP contribution >= 0.6 is 0 Å². The van der Waals surface area contributed by atoms with Crippen molar-refractivity contribution in [1.82, 2.24) is 14.5 Å². The summed E-state index contributed by atoms with van der Waals surface area (Å²) in [6, 6.07) is 20.6. The Morgan fingerprint density at radius 2 is 1.69 bits per heavy atom. The van der Waals surface area contributed by atoms with Crippen LogP contribution in [0, 0.1) is 0 Å². The van der Waals surface area contributed by atoms with Gasteiger partial charge < -0.3 is 14.5 Å². The molecule has 6 heteroatoms. The molecule has 0 atom stereocenters. The van der Waals surface area contributed by atoms with E-state index in [1.165, 1.54) is 0 Å². The molecule has 1 N–H and O–H groups in total. The Kier molecular flexibility index (Phi) is 4.95. The molecule has 5 rings (SSSR count). The second-order valence-electron chi connectivity index (χ2n) is 7.32. The van der Waals surface area contributed by atoms with Crippen LogP contribution < -0.4 is 15.0 Å². The summed E-state index contributed by atoms with van der Waals surface area (Å²) in [5.74, 6) is 1.98. The fourth-order valence-corrected chi connectivity index (χ4v) is 3.81. The summed E-state index contributed by atoms with van der Waals surface area (Å²) in [7, 11) is 3.25. The van der Waals surface area contributed by atoms with Gasteiger partial charge in [0.05, 0.1) is 30.8 Å². The molecule has 0 aliphatic carbocycles. The maximum atomic E-state index is 13.4. The Balaban J connectivity index is 1.70. The van der Waals surface area contributed by atoms with Crippen molar-refractivity contribution in [3.63, 3.8) is 0 Å². The van der Waals surface area contributed by atoms with E-state index in [1.54, 1.807) is 24.9 Å². The Morgan fingerprint density at radius 1 is 0.875 bits per heavy atom. The van der Waals surface area contributed by atoms with Crippen LogP contribution in [-0.2, 0) is 0 Å². The molecule has 2 heterocycles. The zero-order valence-electron chi connectivity index (χ0n) is 17.7. The normalized spacial score (nSPS) is 11.4. The number of nitrogens with one attached hydrogen (secondary N) is 1. The zero-order valence-corrected chi connectivity index (χ0v) is 17.7. The molecule has 0 bridgehead atoms. The summed E-state index contributed by atoms with van der Waals surface area (Å²) >= 11 is 0. The second kappa shape index (κ2) is 8.07. The topological polar surface area (TPSA) is 69.1 Å². The SMILES string of the molecule is COc1cccc(-n2c(/C=C/c3c[nH]c4ccc(OC)cc34)nc3ccccc3c2=O)c1. The molecule has 0 aliphatic rings. The maximum Gasteiger partial charge on any atom is 0.266 e. The molecule has 158 valence electrons. The predicted molar refractivity (Wildman–Crippen MR) is 128 cm³/mol. The molecule has 5 aromatic rings. The molecule has 0 aliphatic heterocycles. The number of hydrogen-bond acceptors (Lipinski definition) is 4. The number of rotatable bonds is 5. The molecule has 2 aromatic heterocycles. The molecule has 32 heavy (non-hydrogen) atoms. The van der Waals surface area contributed by atoms with E-state index >= 15 is 0 Å². The quantitative estimate of drug-likeness (QED) is 0.429. The molecule has 3 aromatic carbocycles. The number of ether oxygens (including phenoxy) is 2. The van der Waals surface area contributed by atoms with Crippen LogP contribution in [-0.4, -0.2) is 28.8 Å². The average molecular weight is 423 g/mol. The molecular formula is C26H21N3O3. The summed E-state index contributed by atoms with van der Waals surface area (Å²) in [4.78, 5) is 21.5. The standard InChI is InChI=1S/C26H21N3O3/c1-31-19-7-5-6-18(14-19)29-25(28-24-9-4-3-8-21(24)26(29)30)13-10-17-16-27-23-12-11-20(32-2)15-22(17)23/h3-16,27H,1-2H3/b13-10+. The van der Waals surface area contributed by atoms with Gasteiger partial charge in [0.25, 0.3) is 5.56 Å². The molecule has 6 nitrogen and oxygen atoms in total. The molecule has 0 unspecified atom stereocenters. The number of para-hydroxylation sites is 1. The summed E-state index contributed by atoms with van der Waals surface area (Å²) in [5.41, 5.74) is 3.18. The molecule has 0 amide bonds. The average Bonchev–Trinajstić information content (AvgIpc) is 3.25. The third-order valence-electron chi connectivity index (χ3n) is 5.45. The van der Waals surface area contributed by atoms with Crippen LogP contribution in [0.3, 0.4) is 0 Å². The van der Waals surface area contributed by atoms with E-state index < -0.39 is 0 Å². The van der Waals surface area contributed by atoms with Gasteiger partial charge in [-0.25, -0.2) is 4.98 Å². The number of benzene rings is 3. The highest BCUT2D eigenvalue weighted by molar-refractivity contribution is 5.92. The Labute approximate surface area is 184 Å². The second-order valence-corrected chi connectivity index (χ2v) is 7.32. The van der Waals surface area contributed by atoms with Crippen molar-refractivity contribution in [2.24, 2.45) is 0 Å². The number of aromatic nitrogens is 3. The lowest BCUT2D eigenvalue weighted by molar-refractivity contribution is 0.414. The lowest BCUT2D eigenvalue weighted by Gasteiger charge is -2.12. The highest BCUT2D eigenvalue weighted by Gasteiger charge is 2.12. The van der Waals surface area contributed by atoms with E-state index in [1.807, 2.05) is 79.0 Å². The number of hydrogen-bond donors (Lipinski definition) is 1. The van der Waals surface area contributed by atoms with E-state index in [-0.39, 0.29) is 5.56 Å². The molecule has 0 radical (unpaired) electrons.